The monoisotopic (exact) mass is 323 g/mol. The number of anilines is 1. The summed E-state index contributed by atoms with van der Waals surface area (Å²) in [5.74, 6) is -1.35. The summed E-state index contributed by atoms with van der Waals surface area (Å²) in [6.07, 6.45) is 0. The molecular weight excluding hydrogens is 313 g/mol. The Morgan fingerprint density at radius 1 is 1.11 bits per heavy atom. The second-order valence-corrected chi connectivity index (χ2v) is 4.89. The van der Waals surface area contributed by atoms with Gasteiger partial charge in [0.1, 0.15) is 5.82 Å². The van der Waals surface area contributed by atoms with Crippen LogP contribution in [0.3, 0.4) is 0 Å². The first-order valence-electron chi connectivity index (χ1n) is 5.56. The number of nitrogens with one attached hydrogen (secondary N) is 1. The average molecular weight is 324 g/mol. The van der Waals surface area contributed by atoms with E-state index in [4.69, 9.17) is 0 Å². The van der Waals surface area contributed by atoms with Gasteiger partial charge in [0.15, 0.2) is 6.04 Å². The van der Waals surface area contributed by atoms with Gasteiger partial charge in [-0.2, -0.15) is 0 Å². The van der Waals surface area contributed by atoms with Crippen LogP contribution in [0.15, 0.2) is 53.0 Å². The van der Waals surface area contributed by atoms with Gasteiger partial charge in [-0.1, -0.05) is 28.1 Å². The summed E-state index contributed by atoms with van der Waals surface area (Å²) in [7, 11) is 0. The van der Waals surface area contributed by atoms with E-state index in [0.717, 1.165) is 4.47 Å². The maximum absolute atomic E-state index is 12.8. The molecule has 2 aromatic rings. The third kappa shape index (κ3) is 3.54. The fraction of sp³-hybridized carbons (Fsp3) is 0.0714. The zero-order valence-corrected chi connectivity index (χ0v) is 11.4. The Hall–Kier alpha value is -1.88. The summed E-state index contributed by atoms with van der Waals surface area (Å²) in [4.78, 5) is 11.3. The fourth-order valence-electron chi connectivity index (χ4n) is 1.66. The van der Waals surface area contributed by atoms with Gasteiger partial charge in [-0.15, -0.1) is 0 Å². The zero-order chi connectivity index (χ0) is 13.8. The molecule has 0 aliphatic heterocycles. The predicted octanol–water partition coefficient (Wildman–Crippen LogP) is 3.83. The molecule has 98 valence electrons. The van der Waals surface area contributed by atoms with E-state index in [1.807, 2.05) is 0 Å². The van der Waals surface area contributed by atoms with Gasteiger partial charge in [0.25, 0.3) is 0 Å². The van der Waals surface area contributed by atoms with Gasteiger partial charge in [0.2, 0.25) is 0 Å². The summed E-state index contributed by atoms with van der Waals surface area (Å²) in [6, 6.07) is 11.7. The molecule has 0 spiro atoms. The van der Waals surface area contributed by atoms with Crippen molar-refractivity contribution in [1.29, 1.82) is 0 Å². The van der Waals surface area contributed by atoms with Crippen molar-refractivity contribution in [2.24, 2.45) is 0 Å². The molecule has 2 rings (SSSR count). The lowest BCUT2D eigenvalue weighted by Gasteiger charge is -2.16. The highest BCUT2D eigenvalue weighted by molar-refractivity contribution is 9.10. The van der Waals surface area contributed by atoms with Gasteiger partial charge < -0.3 is 10.4 Å². The van der Waals surface area contributed by atoms with Crippen molar-refractivity contribution < 1.29 is 14.3 Å². The zero-order valence-electron chi connectivity index (χ0n) is 9.81. The molecule has 0 aliphatic rings. The SMILES string of the molecule is O=C(O)C(Nc1ccc(F)cc1)c1ccc(Br)cc1. The van der Waals surface area contributed by atoms with Crippen molar-refractivity contribution in [3.05, 3.63) is 64.4 Å². The molecule has 1 atom stereocenters. The fourth-order valence-corrected chi connectivity index (χ4v) is 1.92. The summed E-state index contributed by atoms with van der Waals surface area (Å²) in [5, 5.41) is 12.1. The molecule has 5 heteroatoms. The van der Waals surface area contributed by atoms with Crippen molar-refractivity contribution in [2.45, 2.75) is 6.04 Å². The van der Waals surface area contributed by atoms with Gasteiger partial charge in [0.05, 0.1) is 0 Å². The third-order valence-corrected chi connectivity index (χ3v) is 3.13. The van der Waals surface area contributed by atoms with Crippen molar-refractivity contribution in [3.63, 3.8) is 0 Å². The van der Waals surface area contributed by atoms with Gasteiger partial charge in [-0.05, 0) is 42.0 Å². The molecule has 0 amide bonds. The molecule has 3 nitrogen and oxygen atoms in total. The van der Waals surface area contributed by atoms with Gasteiger partial charge >= 0.3 is 5.97 Å². The van der Waals surface area contributed by atoms with Crippen LogP contribution in [0.1, 0.15) is 11.6 Å². The van der Waals surface area contributed by atoms with Crippen molar-refractivity contribution >= 4 is 27.6 Å². The Morgan fingerprint density at radius 2 is 1.68 bits per heavy atom. The highest BCUT2D eigenvalue weighted by atomic mass is 79.9. The van der Waals surface area contributed by atoms with E-state index < -0.39 is 12.0 Å². The molecule has 1 unspecified atom stereocenters. The smallest absolute Gasteiger partial charge is 0.330 e. The molecule has 0 fully saturated rings. The number of hydrogen-bond donors (Lipinski definition) is 2. The van der Waals surface area contributed by atoms with Crippen LogP contribution in [0.4, 0.5) is 10.1 Å². The lowest BCUT2D eigenvalue weighted by Crippen LogP contribution is -2.20. The van der Waals surface area contributed by atoms with Crippen LogP contribution in [0.2, 0.25) is 0 Å². The van der Waals surface area contributed by atoms with Crippen LogP contribution in [-0.4, -0.2) is 11.1 Å². The summed E-state index contributed by atoms with van der Waals surface area (Å²) in [6.45, 7) is 0. The molecule has 0 aliphatic carbocycles. The number of halogens is 2. The Labute approximate surface area is 118 Å². The second kappa shape index (κ2) is 5.84. The van der Waals surface area contributed by atoms with Gasteiger partial charge in [-0.25, -0.2) is 9.18 Å². The van der Waals surface area contributed by atoms with E-state index in [9.17, 15) is 14.3 Å². The molecule has 0 aromatic heterocycles. The van der Waals surface area contributed by atoms with Crippen molar-refractivity contribution in [3.8, 4) is 0 Å². The van der Waals surface area contributed by atoms with Gasteiger partial charge in [0, 0.05) is 10.2 Å². The van der Waals surface area contributed by atoms with Crippen molar-refractivity contribution in [1.82, 2.24) is 0 Å². The minimum Gasteiger partial charge on any atom is -0.479 e. The molecule has 0 saturated heterocycles. The first-order valence-corrected chi connectivity index (χ1v) is 6.36. The van der Waals surface area contributed by atoms with E-state index in [1.54, 1.807) is 24.3 Å². The number of carboxylic acid groups (broad SMARTS) is 1. The van der Waals surface area contributed by atoms with E-state index >= 15 is 0 Å². The number of rotatable bonds is 4. The normalized spacial score (nSPS) is 11.9. The molecule has 0 bridgehead atoms. The maximum atomic E-state index is 12.8. The summed E-state index contributed by atoms with van der Waals surface area (Å²) >= 11 is 3.30. The Bertz CT molecular complexity index is 569. The number of carboxylic acids is 1. The first kappa shape index (κ1) is 13.5. The minimum absolute atomic E-state index is 0.360. The molecule has 2 N–H and O–H groups in total. The molecule has 2 aromatic carbocycles. The number of carbonyl (C=O) groups is 1. The largest absolute Gasteiger partial charge is 0.479 e. The lowest BCUT2D eigenvalue weighted by molar-refractivity contribution is -0.138. The molecule has 0 heterocycles. The highest BCUT2D eigenvalue weighted by Crippen LogP contribution is 2.22. The quantitative estimate of drug-likeness (QED) is 0.899. The standard InChI is InChI=1S/C14H11BrFNO2/c15-10-3-1-9(2-4-10)13(14(18)19)17-12-7-5-11(16)6-8-12/h1-8,13,17H,(H,18,19). The Morgan fingerprint density at radius 3 is 2.21 bits per heavy atom. The van der Waals surface area contributed by atoms with E-state index in [1.165, 1.54) is 24.3 Å². The van der Waals surface area contributed by atoms with Crippen LogP contribution >= 0.6 is 15.9 Å². The summed E-state index contributed by atoms with van der Waals surface area (Å²) in [5.41, 5.74) is 1.18. The molecule has 0 radical (unpaired) electrons. The van der Waals surface area contributed by atoms with E-state index in [2.05, 4.69) is 21.2 Å². The number of benzene rings is 2. The second-order valence-electron chi connectivity index (χ2n) is 3.97. The average Bonchev–Trinajstić information content (AvgIpc) is 2.39. The predicted molar refractivity (Wildman–Crippen MR) is 74.5 cm³/mol. The summed E-state index contributed by atoms with van der Waals surface area (Å²) < 4.78 is 13.7. The van der Waals surface area contributed by atoms with Crippen LogP contribution in [0, 0.1) is 5.82 Å². The van der Waals surface area contributed by atoms with E-state index in [0.29, 0.717) is 11.3 Å². The first-order chi connectivity index (χ1) is 9.06. The Balaban J connectivity index is 2.23. The molecular formula is C14H11BrFNO2. The van der Waals surface area contributed by atoms with E-state index in [-0.39, 0.29) is 5.82 Å². The van der Waals surface area contributed by atoms with Crippen LogP contribution in [0.25, 0.3) is 0 Å². The Kier molecular flexibility index (Phi) is 4.16. The number of hydrogen-bond acceptors (Lipinski definition) is 2. The topological polar surface area (TPSA) is 49.3 Å². The van der Waals surface area contributed by atoms with Crippen LogP contribution in [-0.2, 0) is 4.79 Å². The maximum Gasteiger partial charge on any atom is 0.330 e. The third-order valence-electron chi connectivity index (χ3n) is 2.61. The minimum atomic E-state index is -0.994. The van der Waals surface area contributed by atoms with Gasteiger partial charge in [-0.3, -0.25) is 0 Å². The number of aliphatic carboxylic acids is 1. The highest BCUT2D eigenvalue weighted by Gasteiger charge is 2.19. The van der Waals surface area contributed by atoms with Crippen molar-refractivity contribution in [2.75, 3.05) is 5.32 Å². The van der Waals surface area contributed by atoms with Crippen LogP contribution in [0.5, 0.6) is 0 Å². The molecule has 0 saturated carbocycles. The molecule has 19 heavy (non-hydrogen) atoms. The van der Waals surface area contributed by atoms with Crippen LogP contribution < -0.4 is 5.32 Å². The lowest BCUT2D eigenvalue weighted by atomic mass is 10.1.